The zero-order chi connectivity index (χ0) is 21.0. The third kappa shape index (κ3) is 4.52. The number of aliphatic hydroxyl groups excluding tert-OH is 1. The summed E-state index contributed by atoms with van der Waals surface area (Å²) >= 11 is 1.46. The number of likely N-dealkylation sites (tertiary alicyclic amines) is 1. The van der Waals surface area contributed by atoms with Crippen LogP contribution in [-0.2, 0) is 9.59 Å². The molecule has 154 valence electrons. The van der Waals surface area contributed by atoms with Crippen molar-refractivity contribution in [2.24, 2.45) is 0 Å². The first kappa shape index (κ1) is 21.1. The van der Waals surface area contributed by atoms with Gasteiger partial charge in [-0.1, -0.05) is 25.1 Å². The van der Waals surface area contributed by atoms with Gasteiger partial charge in [-0.2, -0.15) is 0 Å². The van der Waals surface area contributed by atoms with Crippen LogP contribution in [0.1, 0.15) is 29.8 Å². The molecule has 7 heteroatoms. The molecule has 0 saturated carbocycles. The Balaban J connectivity index is 2.04. The molecule has 1 aliphatic heterocycles. The third-order valence-corrected chi connectivity index (χ3v) is 5.65. The lowest BCUT2D eigenvalue weighted by Crippen LogP contribution is -2.35. The van der Waals surface area contributed by atoms with E-state index in [2.05, 4.69) is 0 Å². The van der Waals surface area contributed by atoms with Gasteiger partial charge in [-0.25, -0.2) is 0 Å². The Kier molecular flexibility index (Phi) is 6.71. The van der Waals surface area contributed by atoms with Gasteiger partial charge in [0.2, 0.25) is 0 Å². The summed E-state index contributed by atoms with van der Waals surface area (Å²) in [6, 6.07) is 10.2. The van der Waals surface area contributed by atoms with Gasteiger partial charge in [0.1, 0.15) is 11.5 Å². The molecule has 1 amide bonds. The van der Waals surface area contributed by atoms with Crippen molar-refractivity contribution in [3.63, 3.8) is 0 Å². The van der Waals surface area contributed by atoms with Crippen molar-refractivity contribution >= 4 is 28.8 Å². The first-order valence-electron chi connectivity index (χ1n) is 9.63. The first-order valence-corrected chi connectivity index (χ1v) is 10.5. The standard InChI is InChI=1S/C22H26N2O4S/c1-4-12-28-16-8-5-7-15(14-16)20(25)18-19(17-9-6-13-29-17)24(11-10-23(2)3)22(27)21(18)26/h5-9,13-14,19,25H,4,10-12H2,1-3H3. The van der Waals surface area contributed by atoms with E-state index in [0.29, 0.717) is 31.0 Å². The molecule has 2 heterocycles. The molecule has 0 bridgehead atoms. The van der Waals surface area contributed by atoms with Gasteiger partial charge in [0.15, 0.2) is 0 Å². The number of likely N-dealkylation sites (N-methyl/N-ethyl adjacent to an activating group) is 1. The lowest BCUT2D eigenvalue weighted by molar-refractivity contribution is -0.140. The summed E-state index contributed by atoms with van der Waals surface area (Å²) in [7, 11) is 3.83. The Bertz CT molecular complexity index is 905. The van der Waals surface area contributed by atoms with E-state index in [1.807, 2.05) is 43.4 Å². The fourth-order valence-corrected chi connectivity index (χ4v) is 4.12. The number of nitrogens with zero attached hydrogens (tertiary/aromatic N) is 2. The second-order valence-corrected chi connectivity index (χ2v) is 8.17. The number of rotatable bonds is 8. The Morgan fingerprint density at radius 2 is 2.03 bits per heavy atom. The first-order chi connectivity index (χ1) is 13.9. The van der Waals surface area contributed by atoms with Gasteiger partial charge in [-0.15, -0.1) is 11.3 Å². The highest BCUT2D eigenvalue weighted by Crippen LogP contribution is 2.41. The fraction of sp³-hybridized carbons (Fsp3) is 0.364. The van der Waals surface area contributed by atoms with Gasteiger partial charge in [0.05, 0.1) is 18.2 Å². The predicted molar refractivity (Wildman–Crippen MR) is 114 cm³/mol. The van der Waals surface area contributed by atoms with E-state index in [4.69, 9.17) is 4.74 Å². The molecule has 1 aromatic heterocycles. The van der Waals surface area contributed by atoms with Crippen LogP contribution in [0, 0.1) is 0 Å². The maximum Gasteiger partial charge on any atom is 0.295 e. The molecule has 2 aromatic rings. The molecule has 1 saturated heterocycles. The summed E-state index contributed by atoms with van der Waals surface area (Å²) in [5.41, 5.74) is 0.592. The lowest BCUT2D eigenvalue weighted by atomic mass is 9.99. The summed E-state index contributed by atoms with van der Waals surface area (Å²) in [6.45, 7) is 3.60. The number of hydrogen-bond acceptors (Lipinski definition) is 6. The van der Waals surface area contributed by atoms with Crippen LogP contribution in [0.4, 0.5) is 0 Å². The fourth-order valence-electron chi connectivity index (χ4n) is 3.27. The molecule has 1 fully saturated rings. The van der Waals surface area contributed by atoms with Crippen LogP contribution in [0.2, 0.25) is 0 Å². The molecule has 29 heavy (non-hydrogen) atoms. The zero-order valence-corrected chi connectivity index (χ0v) is 17.7. The van der Waals surface area contributed by atoms with Crippen LogP contribution < -0.4 is 4.74 Å². The predicted octanol–water partition coefficient (Wildman–Crippen LogP) is 3.52. The number of thiophene rings is 1. The highest BCUT2D eigenvalue weighted by atomic mass is 32.1. The Hall–Kier alpha value is -2.64. The van der Waals surface area contributed by atoms with Gasteiger partial charge < -0.3 is 19.6 Å². The smallest absolute Gasteiger partial charge is 0.295 e. The van der Waals surface area contributed by atoms with Gasteiger partial charge >= 0.3 is 0 Å². The number of hydrogen-bond donors (Lipinski definition) is 1. The SMILES string of the molecule is CCCOc1cccc(C(O)=C2C(=O)C(=O)N(CCN(C)C)C2c2cccs2)c1. The van der Waals surface area contributed by atoms with Crippen molar-refractivity contribution in [3.8, 4) is 5.75 Å². The number of aliphatic hydroxyl groups is 1. The summed E-state index contributed by atoms with van der Waals surface area (Å²) < 4.78 is 5.64. The molecule has 1 aromatic carbocycles. The van der Waals surface area contributed by atoms with Gasteiger partial charge in [-0.3, -0.25) is 9.59 Å². The van der Waals surface area contributed by atoms with E-state index in [9.17, 15) is 14.7 Å². The maximum atomic E-state index is 12.9. The topological polar surface area (TPSA) is 70.1 Å². The minimum absolute atomic E-state index is 0.129. The summed E-state index contributed by atoms with van der Waals surface area (Å²) in [6.07, 6.45) is 0.867. The summed E-state index contributed by atoms with van der Waals surface area (Å²) in [5.74, 6) is -0.786. The van der Waals surface area contributed by atoms with Gasteiger partial charge in [0.25, 0.3) is 11.7 Å². The Labute approximate surface area is 175 Å². The number of carbonyl (C=O) groups is 2. The van der Waals surface area contributed by atoms with Crippen LogP contribution >= 0.6 is 11.3 Å². The van der Waals surface area contributed by atoms with Crippen molar-refractivity contribution in [1.82, 2.24) is 9.80 Å². The molecule has 0 radical (unpaired) electrons. The monoisotopic (exact) mass is 414 g/mol. The van der Waals surface area contributed by atoms with E-state index in [0.717, 1.165) is 11.3 Å². The van der Waals surface area contributed by atoms with Crippen LogP contribution in [-0.4, -0.2) is 60.4 Å². The average Bonchev–Trinajstić information content (AvgIpc) is 3.32. The number of ketones is 1. The molecule has 0 spiro atoms. The van der Waals surface area contributed by atoms with E-state index >= 15 is 0 Å². The molecule has 1 N–H and O–H groups in total. The summed E-state index contributed by atoms with van der Waals surface area (Å²) in [4.78, 5) is 30.0. The van der Waals surface area contributed by atoms with Crippen LogP contribution in [0.25, 0.3) is 5.76 Å². The summed E-state index contributed by atoms with van der Waals surface area (Å²) in [5, 5.41) is 12.9. The highest BCUT2D eigenvalue weighted by Gasteiger charge is 2.46. The maximum absolute atomic E-state index is 12.9. The lowest BCUT2D eigenvalue weighted by Gasteiger charge is -2.25. The van der Waals surface area contributed by atoms with Crippen molar-refractivity contribution in [2.45, 2.75) is 19.4 Å². The molecular formula is C22H26N2O4S. The largest absolute Gasteiger partial charge is 0.507 e. The molecule has 6 nitrogen and oxygen atoms in total. The highest BCUT2D eigenvalue weighted by molar-refractivity contribution is 7.10. The second-order valence-electron chi connectivity index (χ2n) is 7.19. The molecule has 0 aliphatic carbocycles. The molecule has 3 rings (SSSR count). The van der Waals surface area contributed by atoms with Crippen molar-refractivity contribution < 1.29 is 19.4 Å². The second kappa shape index (κ2) is 9.24. The van der Waals surface area contributed by atoms with Crippen molar-refractivity contribution in [2.75, 3.05) is 33.8 Å². The third-order valence-electron chi connectivity index (χ3n) is 4.72. The van der Waals surface area contributed by atoms with Crippen LogP contribution in [0.15, 0.2) is 47.4 Å². The Morgan fingerprint density at radius 1 is 1.24 bits per heavy atom. The van der Waals surface area contributed by atoms with E-state index in [1.54, 1.807) is 29.2 Å². The molecule has 1 unspecified atom stereocenters. The molecule has 1 atom stereocenters. The minimum atomic E-state index is -0.653. The Morgan fingerprint density at radius 3 is 2.69 bits per heavy atom. The van der Waals surface area contributed by atoms with Crippen molar-refractivity contribution in [3.05, 3.63) is 57.8 Å². The van der Waals surface area contributed by atoms with E-state index in [-0.39, 0.29) is 11.3 Å². The number of amides is 1. The van der Waals surface area contributed by atoms with Gasteiger partial charge in [-0.05, 0) is 44.1 Å². The number of ether oxygens (including phenoxy) is 1. The number of Topliss-reactive ketones (excluding diaryl/α,β-unsaturated/α-hetero) is 1. The number of benzene rings is 1. The van der Waals surface area contributed by atoms with Gasteiger partial charge in [0, 0.05) is 23.5 Å². The minimum Gasteiger partial charge on any atom is -0.507 e. The van der Waals surface area contributed by atoms with Crippen LogP contribution in [0.5, 0.6) is 5.75 Å². The molecular weight excluding hydrogens is 388 g/mol. The van der Waals surface area contributed by atoms with E-state index < -0.39 is 17.7 Å². The average molecular weight is 415 g/mol. The normalized spacial score (nSPS) is 18.6. The van der Waals surface area contributed by atoms with E-state index in [1.165, 1.54) is 11.3 Å². The molecule has 1 aliphatic rings. The van der Waals surface area contributed by atoms with Crippen molar-refractivity contribution in [1.29, 1.82) is 0 Å². The van der Waals surface area contributed by atoms with Crippen LogP contribution in [0.3, 0.4) is 0 Å². The quantitative estimate of drug-likeness (QED) is 0.407. The zero-order valence-electron chi connectivity index (χ0n) is 16.9. The number of carbonyl (C=O) groups excluding carboxylic acids is 2.